The lowest BCUT2D eigenvalue weighted by atomic mass is 9.97. The van der Waals surface area contributed by atoms with Crippen LogP contribution in [0.3, 0.4) is 0 Å². The number of fused-ring (bicyclic) bond motifs is 1. The second-order valence-electron chi connectivity index (χ2n) is 6.96. The molecule has 4 rings (SSSR count). The van der Waals surface area contributed by atoms with Crippen molar-refractivity contribution < 1.29 is 9.13 Å². The Morgan fingerprint density at radius 1 is 1.11 bits per heavy atom. The van der Waals surface area contributed by atoms with E-state index >= 15 is 0 Å². The number of nitrogens with one attached hydrogen (secondary N) is 1. The van der Waals surface area contributed by atoms with Crippen molar-refractivity contribution in [3.63, 3.8) is 0 Å². The molecule has 1 aliphatic heterocycles. The molecule has 0 amide bonds. The monoisotopic (exact) mass is 385 g/mol. The molecule has 3 aromatic rings. The van der Waals surface area contributed by atoms with E-state index in [4.69, 9.17) is 4.74 Å². The van der Waals surface area contributed by atoms with Gasteiger partial charge in [0.25, 0.3) is 0 Å². The highest BCUT2D eigenvalue weighted by molar-refractivity contribution is 7.22. The third-order valence-corrected chi connectivity index (χ3v) is 6.03. The Morgan fingerprint density at radius 3 is 2.67 bits per heavy atom. The third kappa shape index (κ3) is 4.96. The van der Waals surface area contributed by atoms with Crippen molar-refractivity contribution in [1.29, 1.82) is 0 Å². The van der Waals surface area contributed by atoms with E-state index in [1.807, 2.05) is 6.07 Å². The molecule has 0 radical (unpaired) electrons. The van der Waals surface area contributed by atoms with Crippen molar-refractivity contribution in [1.82, 2.24) is 9.88 Å². The summed E-state index contributed by atoms with van der Waals surface area (Å²) in [4.78, 5) is 7.09. The maximum Gasteiger partial charge on any atom is 0.183 e. The summed E-state index contributed by atoms with van der Waals surface area (Å²) in [5.74, 6) is 1.18. The van der Waals surface area contributed by atoms with Crippen LogP contribution < -0.4 is 10.1 Å². The van der Waals surface area contributed by atoms with Gasteiger partial charge in [-0.15, -0.1) is 0 Å². The minimum absolute atomic E-state index is 0.233. The molecule has 0 aliphatic carbocycles. The molecule has 1 fully saturated rings. The molecule has 1 aliphatic rings. The molecule has 4 nitrogen and oxygen atoms in total. The molecule has 142 valence electrons. The van der Waals surface area contributed by atoms with E-state index in [9.17, 15) is 4.39 Å². The number of piperidine rings is 1. The van der Waals surface area contributed by atoms with Crippen LogP contribution in [0.5, 0.6) is 5.75 Å². The Balaban J connectivity index is 1.16. The molecule has 1 N–H and O–H groups in total. The highest BCUT2D eigenvalue weighted by Gasteiger charge is 2.19. The van der Waals surface area contributed by atoms with E-state index in [-0.39, 0.29) is 5.82 Å². The van der Waals surface area contributed by atoms with Crippen LogP contribution in [0.25, 0.3) is 10.2 Å². The molecule has 2 aromatic carbocycles. The minimum Gasteiger partial charge on any atom is -0.492 e. The van der Waals surface area contributed by atoms with Gasteiger partial charge in [-0.3, -0.25) is 4.90 Å². The molecule has 1 saturated heterocycles. The van der Waals surface area contributed by atoms with E-state index in [1.54, 1.807) is 23.5 Å². The van der Waals surface area contributed by atoms with Crippen LogP contribution in [-0.2, 0) is 0 Å². The number of likely N-dealkylation sites (tertiary alicyclic amines) is 1. The maximum atomic E-state index is 12.9. The second-order valence-corrected chi connectivity index (χ2v) is 7.99. The Morgan fingerprint density at radius 2 is 1.89 bits per heavy atom. The number of rotatable bonds is 7. The molecule has 27 heavy (non-hydrogen) atoms. The molecular formula is C21H24FN3OS. The first-order valence-corrected chi connectivity index (χ1v) is 10.3. The first kappa shape index (κ1) is 18.2. The maximum absolute atomic E-state index is 12.9. The number of thiazole rings is 1. The van der Waals surface area contributed by atoms with Gasteiger partial charge >= 0.3 is 0 Å². The Kier molecular flexibility index (Phi) is 5.84. The third-order valence-electron chi connectivity index (χ3n) is 5.03. The zero-order chi connectivity index (χ0) is 18.5. The topological polar surface area (TPSA) is 37.4 Å². The van der Waals surface area contributed by atoms with E-state index in [0.717, 1.165) is 42.6 Å². The number of hydrogen-bond acceptors (Lipinski definition) is 5. The van der Waals surface area contributed by atoms with Crippen molar-refractivity contribution in [2.75, 3.05) is 38.1 Å². The average molecular weight is 386 g/mol. The Bertz CT molecular complexity index is 826. The highest BCUT2D eigenvalue weighted by atomic mass is 32.1. The molecule has 1 aromatic heterocycles. The standard InChI is InChI=1S/C21H24FN3OS/c22-17-5-7-18(8-6-17)26-14-13-25-11-9-16(10-12-25)15-23-21-24-19-3-1-2-4-20(19)27-21/h1-8,16H,9-15H2,(H,23,24). The summed E-state index contributed by atoms with van der Waals surface area (Å²) >= 11 is 1.72. The fourth-order valence-corrected chi connectivity index (χ4v) is 4.29. The first-order valence-electron chi connectivity index (χ1n) is 9.46. The predicted octanol–water partition coefficient (Wildman–Crippen LogP) is 4.64. The molecule has 6 heteroatoms. The molecule has 0 spiro atoms. The van der Waals surface area contributed by atoms with Gasteiger partial charge in [0.15, 0.2) is 5.13 Å². The van der Waals surface area contributed by atoms with Gasteiger partial charge in [0.05, 0.1) is 10.2 Å². The summed E-state index contributed by atoms with van der Waals surface area (Å²) in [5, 5.41) is 4.54. The summed E-state index contributed by atoms with van der Waals surface area (Å²) in [6.45, 7) is 4.73. The van der Waals surface area contributed by atoms with Gasteiger partial charge in [0, 0.05) is 13.1 Å². The number of para-hydroxylation sites is 1. The zero-order valence-electron chi connectivity index (χ0n) is 15.2. The average Bonchev–Trinajstić information content (AvgIpc) is 3.12. The van der Waals surface area contributed by atoms with Crippen molar-refractivity contribution in [3.8, 4) is 5.75 Å². The number of ether oxygens (including phenoxy) is 1. The number of anilines is 1. The quantitative estimate of drug-likeness (QED) is 0.643. The number of aromatic nitrogens is 1. The van der Waals surface area contributed by atoms with E-state index in [1.165, 1.54) is 29.7 Å². The van der Waals surface area contributed by atoms with Crippen LogP contribution in [0.4, 0.5) is 9.52 Å². The fraction of sp³-hybridized carbons (Fsp3) is 0.381. The number of benzene rings is 2. The summed E-state index contributed by atoms with van der Waals surface area (Å²) in [6.07, 6.45) is 2.38. The normalized spacial score (nSPS) is 15.9. The summed E-state index contributed by atoms with van der Waals surface area (Å²) in [5.41, 5.74) is 1.07. The predicted molar refractivity (Wildman–Crippen MR) is 109 cm³/mol. The zero-order valence-corrected chi connectivity index (χ0v) is 16.1. The SMILES string of the molecule is Fc1ccc(OCCN2CCC(CNc3nc4ccccc4s3)CC2)cc1. The van der Waals surface area contributed by atoms with Gasteiger partial charge in [-0.1, -0.05) is 23.5 Å². The highest BCUT2D eigenvalue weighted by Crippen LogP contribution is 2.26. The van der Waals surface area contributed by atoms with Crippen molar-refractivity contribution in [2.24, 2.45) is 5.92 Å². The minimum atomic E-state index is -0.233. The molecule has 0 atom stereocenters. The first-order chi connectivity index (χ1) is 13.3. The Hall–Kier alpha value is -2.18. The number of hydrogen-bond donors (Lipinski definition) is 1. The number of halogens is 1. The summed E-state index contributed by atoms with van der Waals surface area (Å²) in [6, 6.07) is 14.5. The smallest absolute Gasteiger partial charge is 0.183 e. The van der Waals surface area contributed by atoms with Crippen molar-refractivity contribution in [2.45, 2.75) is 12.8 Å². The van der Waals surface area contributed by atoms with Crippen LogP contribution in [0.1, 0.15) is 12.8 Å². The van der Waals surface area contributed by atoms with Gasteiger partial charge < -0.3 is 10.1 Å². The molecule has 0 saturated carbocycles. The molecular weight excluding hydrogens is 361 g/mol. The van der Waals surface area contributed by atoms with Crippen LogP contribution >= 0.6 is 11.3 Å². The lowest BCUT2D eigenvalue weighted by Gasteiger charge is -2.31. The van der Waals surface area contributed by atoms with Crippen LogP contribution in [-0.4, -0.2) is 42.7 Å². The second kappa shape index (κ2) is 8.67. The van der Waals surface area contributed by atoms with Crippen molar-refractivity contribution >= 4 is 26.7 Å². The van der Waals surface area contributed by atoms with Gasteiger partial charge in [0.2, 0.25) is 0 Å². The largest absolute Gasteiger partial charge is 0.492 e. The van der Waals surface area contributed by atoms with Gasteiger partial charge in [0.1, 0.15) is 18.2 Å². The summed E-state index contributed by atoms with van der Waals surface area (Å²) in [7, 11) is 0. The van der Waals surface area contributed by atoms with Gasteiger partial charge in [-0.05, 0) is 68.2 Å². The van der Waals surface area contributed by atoms with E-state index in [2.05, 4.69) is 33.4 Å². The van der Waals surface area contributed by atoms with Crippen molar-refractivity contribution in [3.05, 3.63) is 54.3 Å². The van der Waals surface area contributed by atoms with Gasteiger partial charge in [-0.25, -0.2) is 9.37 Å². The number of nitrogens with zero attached hydrogens (tertiary/aromatic N) is 2. The lowest BCUT2D eigenvalue weighted by Crippen LogP contribution is -2.38. The van der Waals surface area contributed by atoms with E-state index < -0.39 is 0 Å². The van der Waals surface area contributed by atoms with Gasteiger partial charge in [-0.2, -0.15) is 0 Å². The molecule has 0 bridgehead atoms. The molecule has 2 heterocycles. The van der Waals surface area contributed by atoms with E-state index in [0.29, 0.717) is 12.5 Å². The Labute approximate surface area is 163 Å². The van der Waals surface area contributed by atoms with Crippen LogP contribution in [0.2, 0.25) is 0 Å². The fourth-order valence-electron chi connectivity index (χ4n) is 3.42. The lowest BCUT2D eigenvalue weighted by molar-refractivity contribution is 0.158. The summed E-state index contributed by atoms with van der Waals surface area (Å²) < 4.78 is 19.8. The van der Waals surface area contributed by atoms with Crippen LogP contribution in [0, 0.1) is 11.7 Å². The molecule has 0 unspecified atom stereocenters. The van der Waals surface area contributed by atoms with Crippen LogP contribution in [0.15, 0.2) is 48.5 Å².